The summed E-state index contributed by atoms with van der Waals surface area (Å²) in [6.07, 6.45) is 4.94. The van der Waals surface area contributed by atoms with Crippen LogP contribution in [0, 0.1) is 0 Å². The number of fused-ring (bicyclic) bond motifs is 1. The predicted molar refractivity (Wildman–Crippen MR) is 50.2 cm³/mol. The molecule has 0 aliphatic carbocycles. The summed E-state index contributed by atoms with van der Waals surface area (Å²) in [5.74, 6) is 0.431. The van der Waals surface area contributed by atoms with Crippen molar-refractivity contribution in [2.45, 2.75) is 6.54 Å². The van der Waals surface area contributed by atoms with E-state index in [-0.39, 0.29) is 5.69 Å². The molecule has 0 bridgehead atoms. The molecule has 0 N–H and O–H groups in total. The number of aromatic nitrogens is 3. The summed E-state index contributed by atoms with van der Waals surface area (Å²) in [4.78, 5) is 15.6. The van der Waals surface area contributed by atoms with Gasteiger partial charge in [0.25, 0.3) is 0 Å². The second-order valence-corrected chi connectivity index (χ2v) is 3.01. The molecule has 0 radical (unpaired) electrons. The third-order valence-electron chi connectivity index (χ3n) is 1.85. The summed E-state index contributed by atoms with van der Waals surface area (Å²) in [7, 11) is 0. The van der Waals surface area contributed by atoms with Crippen LogP contribution in [-0.4, -0.2) is 19.8 Å². The Balaban J connectivity index is 2.67. The molecule has 4 nitrogen and oxygen atoms in total. The first-order valence-corrected chi connectivity index (χ1v) is 4.45. The fourth-order valence-corrected chi connectivity index (χ4v) is 1.40. The lowest BCUT2D eigenvalue weighted by Crippen LogP contribution is -2.25. The number of halogens is 1. The number of aryl methyl sites for hydroxylation is 1. The lowest BCUT2D eigenvalue weighted by atomic mass is 10.6. The van der Waals surface area contributed by atoms with Gasteiger partial charge in [-0.2, -0.15) is 0 Å². The molecule has 0 unspecified atom stereocenters. The SMILES string of the molecule is O=c1n(CCCl)ccc2nccn12. The Hall–Kier alpha value is -1.29. The van der Waals surface area contributed by atoms with Crippen molar-refractivity contribution in [1.82, 2.24) is 14.0 Å². The molecule has 2 aromatic rings. The van der Waals surface area contributed by atoms with Gasteiger partial charge in [-0.15, -0.1) is 11.6 Å². The summed E-state index contributed by atoms with van der Waals surface area (Å²) in [6.45, 7) is 0.522. The highest BCUT2D eigenvalue weighted by Crippen LogP contribution is 1.94. The van der Waals surface area contributed by atoms with Gasteiger partial charge in [-0.05, 0) is 6.07 Å². The van der Waals surface area contributed by atoms with Crippen LogP contribution in [0.1, 0.15) is 0 Å². The van der Waals surface area contributed by atoms with Gasteiger partial charge in [-0.25, -0.2) is 9.78 Å². The minimum absolute atomic E-state index is 0.101. The average Bonchev–Trinajstić information content (AvgIpc) is 2.58. The number of rotatable bonds is 2. The normalized spacial score (nSPS) is 10.8. The second-order valence-electron chi connectivity index (χ2n) is 2.64. The molecule has 0 aromatic carbocycles. The highest BCUT2D eigenvalue weighted by atomic mass is 35.5. The lowest BCUT2D eigenvalue weighted by molar-refractivity contribution is 0.692. The lowest BCUT2D eigenvalue weighted by Gasteiger charge is -2.02. The fraction of sp³-hybridized carbons (Fsp3) is 0.250. The van der Waals surface area contributed by atoms with Crippen LogP contribution in [0.3, 0.4) is 0 Å². The Kier molecular flexibility index (Phi) is 2.06. The van der Waals surface area contributed by atoms with Gasteiger partial charge in [0.2, 0.25) is 0 Å². The molecule has 2 heterocycles. The number of imidazole rings is 1. The Morgan fingerprint density at radius 2 is 2.31 bits per heavy atom. The van der Waals surface area contributed by atoms with Gasteiger partial charge in [-0.1, -0.05) is 0 Å². The standard InChI is InChI=1S/C8H8ClN3O/c9-2-5-11-4-1-7-10-3-6-12(7)8(11)13/h1,3-4,6H,2,5H2. The number of nitrogens with zero attached hydrogens (tertiary/aromatic N) is 3. The maximum absolute atomic E-state index is 11.6. The van der Waals surface area contributed by atoms with Crippen molar-refractivity contribution in [2.24, 2.45) is 0 Å². The second kappa shape index (κ2) is 3.22. The van der Waals surface area contributed by atoms with Crippen molar-refractivity contribution in [3.05, 3.63) is 35.1 Å². The van der Waals surface area contributed by atoms with Gasteiger partial charge in [0.1, 0.15) is 5.65 Å². The number of alkyl halides is 1. The van der Waals surface area contributed by atoms with Crippen LogP contribution < -0.4 is 5.69 Å². The molecule has 5 heteroatoms. The molecule has 2 aromatic heterocycles. The smallest absolute Gasteiger partial charge is 0.299 e. The molecule has 68 valence electrons. The molecule has 0 aliphatic rings. The topological polar surface area (TPSA) is 39.3 Å². The van der Waals surface area contributed by atoms with E-state index in [2.05, 4.69) is 4.98 Å². The van der Waals surface area contributed by atoms with E-state index >= 15 is 0 Å². The molecular formula is C8H8ClN3O. The van der Waals surface area contributed by atoms with Gasteiger partial charge in [0.15, 0.2) is 0 Å². The van der Waals surface area contributed by atoms with Crippen LogP contribution in [0.4, 0.5) is 0 Å². The summed E-state index contributed by atoms with van der Waals surface area (Å²) in [6, 6.07) is 1.79. The first-order valence-electron chi connectivity index (χ1n) is 3.91. The Bertz CT molecular complexity index is 473. The summed E-state index contributed by atoms with van der Waals surface area (Å²) < 4.78 is 3.05. The fourth-order valence-electron chi connectivity index (χ4n) is 1.22. The van der Waals surface area contributed by atoms with Gasteiger partial charge >= 0.3 is 5.69 Å². The largest absolute Gasteiger partial charge is 0.333 e. The minimum Gasteiger partial charge on any atom is -0.299 e. The zero-order chi connectivity index (χ0) is 9.26. The Morgan fingerprint density at radius 3 is 3.08 bits per heavy atom. The quantitative estimate of drug-likeness (QED) is 0.666. The maximum Gasteiger partial charge on any atom is 0.333 e. The predicted octanol–water partition coefficient (Wildman–Crippen LogP) is 0.735. The molecular weight excluding hydrogens is 190 g/mol. The zero-order valence-corrected chi connectivity index (χ0v) is 7.61. The maximum atomic E-state index is 11.6. The molecule has 0 atom stereocenters. The molecule has 0 amide bonds. The summed E-state index contributed by atoms with van der Waals surface area (Å²) >= 11 is 5.55. The van der Waals surface area contributed by atoms with E-state index in [1.54, 1.807) is 29.2 Å². The molecule has 0 fully saturated rings. The number of hydrogen-bond acceptors (Lipinski definition) is 2. The van der Waals surface area contributed by atoms with Gasteiger partial charge in [0, 0.05) is 31.0 Å². The van der Waals surface area contributed by atoms with E-state index in [0.29, 0.717) is 18.1 Å². The van der Waals surface area contributed by atoms with Crippen LogP contribution in [0.15, 0.2) is 29.5 Å². The summed E-state index contributed by atoms with van der Waals surface area (Å²) in [5, 5.41) is 0. The van der Waals surface area contributed by atoms with Gasteiger partial charge in [-0.3, -0.25) is 8.97 Å². The average molecular weight is 198 g/mol. The van der Waals surface area contributed by atoms with E-state index < -0.39 is 0 Å². The Morgan fingerprint density at radius 1 is 1.46 bits per heavy atom. The monoisotopic (exact) mass is 197 g/mol. The highest BCUT2D eigenvalue weighted by Gasteiger charge is 2.00. The highest BCUT2D eigenvalue weighted by molar-refractivity contribution is 6.17. The summed E-state index contributed by atoms with van der Waals surface area (Å²) in [5.41, 5.74) is 0.562. The van der Waals surface area contributed by atoms with Crippen molar-refractivity contribution in [1.29, 1.82) is 0 Å². The van der Waals surface area contributed by atoms with Crippen molar-refractivity contribution < 1.29 is 0 Å². The Labute approximate surface area is 79.4 Å². The van der Waals surface area contributed by atoms with Crippen molar-refractivity contribution >= 4 is 17.2 Å². The van der Waals surface area contributed by atoms with Gasteiger partial charge in [0.05, 0.1) is 0 Å². The van der Waals surface area contributed by atoms with E-state index in [1.165, 1.54) is 4.40 Å². The van der Waals surface area contributed by atoms with Crippen LogP contribution in [0.5, 0.6) is 0 Å². The van der Waals surface area contributed by atoms with E-state index in [0.717, 1.165) is 0 Å². The van der Waals surface area contributed by atoms with E-state index in [4.69, 9.17) is 11.6 Å². The third kappa shape index (κ3) is 1.33. The number of hydrogen-bond donors (Lipinski definition) is 0. The van der Waals surface area contributed by atoms with Crippen LogP contribution in [-0.2, 0) is 6.54 Å². The van der Waals surface area contributed by atoms with E-state index in [9.17, 15) is 4.79 Å². The zero-order valence-electron chi connectivity index (χ0n) is 6.85. The van der Waals surface area contributed by atoms with Crippen molar-refractivity contribution in [3.63, 3.8) is 0 Å². The van der Waals surface area contributed by atoms with Crippen LogP contribution in [0.2, 0.25) is 0 Å². The van der Waals surface area contributed by atoms with E-state index in [1.807, 2.05) is 0 Å². The molecule has 0 saturated carbocycles. The first-order chi connectivity index (χ1) is 6.33. The first kappa shape index (κ1) is 8.31. The van der Waals surface area contributed by atoms with Gasteiger partial charge < -0.3 is 0 Å². The molecule has 2 rings (SSSR count). The molecule has 0 spiro atoms. The van der Waals surface area contributed by atoms with Crippen molar-refractivity contribution in [2.75, 3.05) is 5.88 Å². The van der Waals surface area contributed by atoms with Crippen LogP contribution in [0.25, 0.3) is 5.65 Å². The molecule has 13 heavy (non-hydrogen) atoms. The van der Waals surface area contributed by atoms with Crippen molar-refractivity contribution in [3.8, 4) is 0 Å². The molecule has 0 saturated heterocycles. The van der Waals surface area contributed by atoms with Crippen LogP contribution >= 0.6 is 11.6 Å². The third-order valence-corrected chi connectivity index (χ3v) is 2.02. The minimum atomic E-state index is -0.101. The molecule has 0 aliphatic heterocycles.